The quantitative estimate of drug-likeness (QED) is 0.383. The summed E-state index contributed by atoms with van der Waals surface area (Å²) < 4.78 is 51.1. The van der Waals surface area contributed by atoms with Gasteiger partial charge in [0.25, 0.3) is 15.9 Å². The molecule has 0 amide bonds. The molecule has 4 rings (SSSR count). The van der Waals surface area contributed by atoms with Gasteiger partial charge in [-0.15, -0.1) is 0 Å². The smallest absolute Gasteiger partial charge is 0.265 e. The highest BCUT2D eigenvalue weighted by molar-refractivity contribution is 7.95. The lowest BCUT2D eigenvalue weighted by Gasteiger charge is -2.28. The fourth-order valence-corrected chi connectivity index (χ4v) is 4.25. The van der Waals surface area contributed by atoms with Gasteiger partial charge in [-0.05, 0) is 23.8 Å². The number of benzene rings is 2. The molecule has 1 fully saturated rings. The van der Waals surface area contributed by atoms with Crippen molar-refractivity contribution in [2.24, 2.45) is 0 Å². The van der Waals surface area contributed by atoms with Gasteiger partial charge < -0.3 is 29.0 Å². The Morgan fingerprint density at radius 2 is 1.76 bits per heavy atom. The van der Waals surface area contributed by atoms with Crippen LogP contribution in [0.2, 0.25) is 0 Å². The first-order valence-corrected chi connectivity index (χ1v) is 13.1. The van der Waals surface area contributed by atoms with Gasteiger partial charge in [-0.25, -0.2) is 8.42 Å². The fourth-order valence-electron chi connectivity index (χ4n) is 3.44. The lowest BCUT2D eigenvalue weighted by Crippen LogP contribution is -2.37. The molecule has 0 saturated carbocycles. The fraction of sp³-hybridized carbons (Fsp3) is 0.280. The number of hydrogen-bond donors (Lipinski definition) is 2. The van der Waals surface area contributed by atoms with Crippen LogP contribution >= 0.6 is 0 Å². The predicted molar refractivity (Wildman–Crippen MR) is 139 cm³/mol. The van der Waals surface area contributed by atoms with Crippen molar-refractivity contribution in [1.29, 1.82) is 0 Å². The minimum Gasteiger partial charge on any atom is -0.493 e. The standard InChI is InChI=1S/C25H28N4O7S/c1-33-20-9-5-6-10-21(20)36-22-23(28-37(31,32)18-11-19-7-3-2-4-8-19)26-25(27-24(22)35-17-14-30)29-12-15-34-16-13-29/h2-11,18,30H,12-17H2,1H3,(H,26,27,28)/b18-11+. The van der Waals surface area contributed by atoms with Gasteiger partial charge in [0.2, 0.25) is 11.7 Å². The largest absolute Gasteiger partial charge is 0.493 e. The molecule has 1 aliphatic rings. The molecular formula is C25H28N4O7S. The summed E-state index contributed by atoms with van der Waals surface area (Å²) in [6.45, 7) is 1.57. The molecule has 2 aromatic carbocycles. The molecule has 0 unspecified atom stereocenters. The van der Waals surface area contributed by atoms with Gasteiger partial charge in [-0.3, -0.25) is 4.72 Å². The van der Waals surface area contributed by atoms with Crippen LogP contribution in [0.25, 0.3) is 6.08 Å². The molecule has 11 nitrogen and oxygen atoms in total. The number of para-hydroxylation sites is 2. The van der Waals surface area contributed by atoms with Crippen molar-refractivity contribution in [3.05, 3.63) is 65.6 Å². The molecule has 196 valence electrons. The van der Waals surface area contributed by atoms with Crippen molar-refractivity contribution in [2.75, 3.05) is 56.2 Å². The lowest BCUT2D eigenvalue weighted by molar-refractivity contribution is 0.122. The third kappa shape index (κ3) is 7.09. The zero-order valence-electron chi connectivity index (χ0n) is 20.2. The van der Waals surface area contributed by atoms with Gasteiger partial charge in [0, 0.05) is 13.1 Å². The molecule has 2 N–H and O–H groups in total. The molecule has 3 aromatic rings. The highest BCUT2D eigenvalue weighted by atomic mass is 32.2. The van der Waals surface area contributed by atoms with Crippen LogP contribution in [0, 0.1) is 0 Å². The molecule has 2 heterocycles. The van der Waals surface area contributed by atoms with Gasteiger partial charge in [0.1, 0.15) is 6.61 Å². The Morgan fingerprint density at radius 3 is 2.46 bits per heavy atom. The van der Waals surface area contributed by atoms with Gasteiger partial charge in [0.05, 0.1) is 32.3 Å². The van der Waals surface area contributed by atoms with E-state index in [0.29, 0.717) is 43.4 Å². The highest BCUT2D eigenvalue weighted by Gasteiger charge is 2.25. The number of nitrogens with zero attached hydrogens (tertiary/aromatic N) is 3. The van der Waals surface area contributed by atoms with E-state index in [1.54, 1.807) is 36.4 Å². The maximum absolute atomic E-state index is 13.1. The summed E-state index contributed by atoms with van der Waals surface area (Å²) in [4.78, 5) is 10.8. The third-order valence-electron chi connectivity index (χ3n) is 5.21. The van der Waals surface area contributed by atoms with Crippen LogP contribution in [0.5, 0.6) is 23.1 Å². The Hall–Kier alpha value is -3.87. The van der Waals surface area contributed by atoms with E-state index in [-0.39, 0.29) is 36.6 Å². The summed E-state index contributed by atoms with van der Waals surface area (Å²) in [5, 5.41) is 10.4. The number of morpholine rings is 1. The Labute approximate surface area is 215 Å². The van der Waals surface area contributed by atoms with E-state index in [4.69, 9.17) is 18.9 Å². The monoisotopic (exact) mass is 528 g/mol. The number of hydrogen-bond acceptors (Lipinski definition) is 10. The van der Waals surface area contributed by atoms with E-state index >= 15 is 0 Å². The Bertz CT molecular complexity index is 1310. The first kappa shape index (κ1) is 26.2. The van der Waals surface area contributed by atoms with Crippen LogP contribution in [-0.2, 0) is 14.8 Å². The van der Waals surface area contributed by atoms with Crippen LogP contribution in [0.15, 0.2) is 60.0 Å². The Kier molecular flexibility index (Phi) is 8.77. The predicted octanol–water partition coefficient (Wildman–Crippen LogP) is 2.90. The summed E-state index contributed by atoms with van der Waals surface area (Å²) >= 11 is 0. The molecule has 1 aromatic heterocycles. The number of nitrogens with one attached hydrogen (secondary N) is 1. The van der Waals surface area contributed by atoms with Gasteiger partial charge in [-0.2, -0.15) is 9.97 Å². The average molecular weight is 529 g/mol. The summed E-state index contributed by atoms with van der Waals surface area (Å²) in [5.41, 5.74) is 0.710. The number of sulfonamides is 1. The summed E-state index contributed by atoms with van der Waals surface area (Å²) in [6, 6.07) is 15.9. The van der Waals surface area contributed by atoms with Crippen molar-refractivity contribution in [3.8, 4) is 23.1 Å². The topological polar surface area (TPSA) is 132 Å². The van der Waals surface area contributed by atoms with E-state index in [9.17, 15) is 13.5 Å². The molecular weight excluding hydrogens is 500 g/mol. The molecule has 0 atom stereocenters. The second-order valence-electron chi connectivity index (χ2n) is 7.79. The van der Waals surface area contributed by atoms with E-state index < -0.39 is 10.0 Å². The highest BCUT2D eigenvalue weighted by Crippen LogP contribution is 2.41. The molecule has 37 heavy (non-hydrogen) atoms. The zero-order chi connectivity index (χ0) is 26.1. The minimum atomic E-state index is -4.03. The van der Waals surface area contributed by atoms with E-state index in [0.717, 1.165) is 5.41 Å². The van der Waals surface area contributed by atoms with Crippen molar-refractivity contribution in [1.82, 2.24) is 9.97 Å². The first-order chi connectivity index (χ1) is 18.0. The number of ether oxygens (including phenoxy) is 4. The van der Waals surface area contributed by atoms with E-state index in [2.05, 4.69) is 14.7 Å². The first-order valence-electron chi connectivity index (χ1n) is 11.5. The van der Waals surface area contributed by atoms with Crippen molar-refractivity contribution < 1.29 is 32.5 Å². The van der Waals surface area contributed by atoms with Gasteiger partial charge in [0.15, 0.2) is 17.3 Å². The maximum atomic E-state index is 13.1. The second-order valence-corrected chi connectivity index (χ2v) is 9.36. The lowest BCUT2D eigenvalue weighted by atomic mass is 10.2. The number of anilines is 2. The van der Waals surface area contributed by atoms with Crippen molar-refractivity contribution in [2.45, 2.75) is 0 Å². The molecule has 12 heteroatoms. The molecule has 0 bridgehead atoms. The van der Waals surface area contributed by atoms with Crippen molar-refractivity contribution in [3.63, 3.8) is 0 Å². The molecule has 1 aliphatic heterocycles. The zero-order valence-corrected chi connectivity index (χ0v) is 21.1. The Morgan fingerprint density at radius 1 is 1.05 bits per heavy atom. The Balaban J connectivity index is 1.77. The van der Waals surface area contributed by atoms with Crippen LogP contribution in [0.4, 0.5) is 11.8 Å². The number of methoxy groups -OCH3 is 1. The van der Waals surface area contributed by atoms with Crippen LogP contribution in [0.3, 0.4) is 0 Å². The number of aliphatic hydroxyl groups is 1. The molecule has 0 spiro atoms. The third-order valence-corrected chi connectivity index (χ3v) is 6.18. The number of rotatable bonds is 11. The van der Waals surface area contributed by atoms with Gasteiger partial charge in [-0.1, -0.05) is 42.5 Å². The summed E-state index contributed by atoms with van der Waals surface area (Å²) in [6.07, 6.45) is 1.47. The maximum Gasteiger partial charge on any atom is 0.265 e. The second kappa shape index (κ2) is 12.4. The minimum absolute atomic E-state index is 0.0406. The summed E-state index contributed by atoms with van der Waals surface area (Å²) in [7, 11) is -2.54. The normalized spacial score (nSPS) is 13.9. The number of aromatic nitrogens is 2. The van der Waals surface area contributed by atoms with Crippen LogP contribution in [-0.4, -0.2) is 70.1 Å². The molecule has 0 radical (unpaired) electrons. The summed E-state index contributed by atoms with van der Waals surface area (Å²) in [5.74, 6) is 0.682. The van der Waals surface area contributed by atoms with E-state index in [1.165, 1.54) is 13.2 Å². The van der Waals surface area contributed by atoms with Crippen LogP contribution in [0.1, 0.15) is 5.56 Å². The number of aliphatic hydroxyl groups excluding tert-OH is 1. The average Bonchev–Trinajstić information content (AvgIpc) is 2.93. The molecule has 1 saturated heterocycles. The van der Waals surface area contributed by atoms with Gasteiger partial charge >= 0.3 is 0 Å². The SMILES string of the molecule is COc1ccccc1Oc1c(NS(=O)(=O)/C=C/c2ccccc2)nc(N2CCOCC2)nc1OCCO. The molecule has 0 aliphatic carbocycles. The van der Waals surface area contributed by atoms with Crippen LogP contribution < -0.4 is 23.8 Å². The van der Waals surface area contributed by atoms with Crippen molar-refractivity contribution >= 4 is 27.9 Å². The van der Waals surface area contributed by atoms with E-state index in [1.807, 2.05) is 23.1 Å².